The van der Waals surface area contributed by atoms with Crippen molar-refractivity contribution in [2.75, 3.05) is 139 Å². The second-order valence-electron chi connectivity index (χ2n) is 16.0. The minimum Gasteiger partial charge on any atom is -0.414 e. The average Bonchev–Trinajstić information content (AvgIpc) is 3.17. The highest BCUT2D eigenvalue weighted by molar-refractivity contribution is 6.74. The van der Waals surface area contributed by atoms with Gasteiger partial charge in [-0.05, 0) is 24.6 Å². The Morgan fingerprint density at radius 3 is 0.696 bits per heavy atom. The third kappa shape index (κ3) is 43.4. The molecule has 0 spiro atoms. The van der Waals surface area contributed by atoms with Gasteiger partial charge in [-0.15, -0.1) is 0 Å². The monoisotopic (exact) mass is 825 g/mol. The first-order valence-electron chi connectivity index (χ1n) is 22.7. The third-order valence-electron chi connectivity index (χ3n) is 9.99. The average molecular weight is 825 g/mol. The second kappa shape index (κ2) is 44.3. The maximum atomic E-state index is 6.09. The third-order valence-corrected chi connectivity index (χ3v) is 14.5. The predicted molar refractivity (Wildman–Crippen MR) is 231 cm³/mol. The lowest BCUT2D eigenvalue weighted by Crippen LogP contribution is -2.41. The number of unbranched alkanes of at least 4 members (excludes halogenated alkanes) is 15. The van der Waals surface area contributed by atoms with Crippen molar-refractivity contribution in [3.63, 3.8) is 0 Å². The molecule has 0 aromatic heterocycles. The van der Waals surface area contributed by atoms with Crippen LogP contribution in [0.2, 0.25) is 18.1 Å². The van der Waals surface area contributed by atoms with Crippen LogP contribution in [0.5, 0.6) is 0 Å². The van der Waals surface area contributed by atoms with Gasteiger partial charge < -0.3 is 51.8 Å². The van der Waals surface area contributed by atoms with Crippen molar-refractivity contribution >= 4 is 8.32 Å². The van der Waals surface area contributed by atoms with Crippen molar-refractivity contribution in [3.05, 3.63) is 0 Å². The Morgan fingerprint density at radius 2 is 0.464 bits per heavy atom. The molecule has 0 rings (SSSR count). The van der Waals surface area contributed by atoms with Crippen LogP contribution in [0.3, 0.4) is 0 Å². The molecule has 0 aliphatic carbocycles. The van der Waals surface area contributed by atoms with Crippen LogP contribution in [-0.4, -0.2) is 147 Å². The van der Waals surface area contributed by atoms with Crippen molar-refractivity contribution in [2.24, 2.45) is 0 Å². The number of hydrogen-bond acceptors (Lipinski definition) is 11. The maximum Gasteiger partial charge on any atom is 0.192 e. The maximum absolute atomic E-state index is 6.09. The number of rotatable bonds is 48. The van der Waals surface area contributed by atoms with Crippen LogP contribution in [0.15, 0.2) is 0 Å². The van der Waals surface area contributed by atoms with E-state index in [1.807, 2.05) is 0 Å². The normalized spacial score (nSPS) is 12.3. The smallest absolute Gasteiger partial charge is 0.192 e. The minimum absolute atomic E-state index is 0.219. The van der Waals surface area contributed by atoms with E-state index in [-0.39, 0.29) is 5.04 Å². The summed E-state index contributed by atoms with van der Waals surface area (Å²) in [5.41, 5.74) is 0. The van der Waals surface area contributed by atoms with Crippen LogP contribution < -0.4 is 0 Å². The van der Waals surface area contributed by atoms with E-state index in [2.05, 4.69) is 40.8 Å². The molecule has 0 aliphatic rings. The summed E-state index contributed by atoms with van der Waals surface area (Å²) < 4.78 is 61.7. The SMILES string of the molecule is CCCCCCCCCCCCCCCCCCOCCOCCOCCOCCOCCOCCOCCOCCOCCOCCO[Si](C)(C)C(C)(C)C. The van der Waals surface area contributed by atoms with Gasteiger partial charge in [-0.1, -0.05) is 124 Å². The Hall–Kier alpha value is -0.223. The van der Waals surface area contributed by atoms with Crippen LogP contribution in [0.25, 0.3) is 0 Å². The molecule has 0 saturated carbocycles. The Morgan fingerprint density at radius 1 is 0.268 bits per heavy atom. The second-order valence-corrected chi connectivity index (χ2v) is 20.8. The lowest BCUT2D eigenvalue weighted by atomic mass is 10.0. The Balaban J connectivity index is 3.11. The molecule has 0 saturated heterocycles. The van der Waals surface area contributed by atoms with E-state index < -0.39 is 8.32 Å². The molecule has 0 amide bonds. The summed E-state index contributed by atoms with van der Waals surface area (Å²) in [5, 5.41) is 0.219. The van der Waals surface area contributed by atoms with Crippen molar-refractivity contribution in [1.29, 1.82) is 0 Å². The van der Waals surface area contributed by atoms with E-state index in [1.165, 1.54) is 96.3 Å². The van der Waals surface area contributed by atoms with Crippen LogP contribution in [0.1, 0.15) is 130 Å². The summed E-state index contributed by atoms with van der Waals surface area (Å²) in [6.45, 7) is 25.5. The lowest BCUT2D eigenvalue weighted by molar-refractivity contribution is -0.0267. The molecule has 0 atom stereocenters. The molecule has 0 bridgehead atoms. The number of hydrogen-bond donors (Lipinski definition) is 0. The summed E-state index contributed by atoms with van der Waals surface area (Å²) in [7, 11) is -1.70. The fraction of sp³-hybridized carbons (Fsp3) is 1.00. The van der Waals surface area contributed by atoms with Crippen LogP contribution in [0.4, 0.5) is 0 Å². The van der Waals surface area contributed by atoms with Gasteiger partial charge in [0, 0.05) is 6.61 Å². The zero-order valence-electron chi connectivity index (χ0n) is 37.7. The standard InChI is InChI=1S/C44H92O11Si/c1-7-8-9-10-11-12-13-14-15-16-17-18-19-20-21-22-23-45-24-25-46-26-27-47-28-29-48-30-31-49-32-33-50-34-35-51-36-37-52-38-39-53-40-41-54-42-43-55-56(5,6)44(2,3)4/h7-43H2,1-6H3. The number of ether oxygens (including phenoxy) is 10. The summed E-state index contributed by atoms with van der Waals surface area (Å²) in [6, 6.07) is 0. The summed E-state index contributed by atoms with van der Waals surface area (Å²) >= 11 is 0. The molecule has 0 fully saturated rings. The van der Waals surface area contributed by atoms with Gasteiger partial charge in [0.25, 0.3) is 0 Å². The van der Waals surface area contributed by atoms with E-state index in [4.69, 9.17) is 51.8 Å². The van der Waals surface area contributed by atoms with E-state index in [1.54, 1.807) is 0 Å². The highest BCUT2D eigenvalue weighted by Gasteiger charge is 2.36. The molecule has 12 heteroatoms. The minimum atomic E-state index is -1.70. The molecule has 0 N–H and O–H groups in total. The Bertz CT molecular complexity index is 742. The van der Waals surface area contributed by atoms with Crippen molar-refractivity contribution in [1.82, 2.24) is 0 Å². The van der Waals surface area contributed by atoms with E-state index in [9.17, 15) is 0 Å². The van der Waals surface area contributed by atoms with Gasteiger partial charge in [0.1, 0.15) is 0 Å². The predicted octanol–water partition coefficient (Wildman–Crippen LogP) is 9.44. The van der Waals surface area contributed by atoms with Gasteiger partial charge in [-0.25, -0.2) is 0 Å². The van der Waals surface area contributed by atoms with Crippen molar-refractivity contribution in [3.8, 4) is 0 Å². The first-order valence-corrected chi connectivity index (χ1v) is 25.6. The molecule has 56 heavy (non-hydrogen) atoms. The van der Waals surface area contributed by atoms with Crippen LogP contribution in [-0.2, 0) is 51.8 Å². The molecular formula is C44H92O11Si. The molecular weight excluding hydrogens is 733 g/mol. The molecule has 0 aromatic carbocycles. The first-order chi connectivity index (χ1) is 27.3. The van der Waals surface area contributed by atoms with E-state index >= 15 is 0 Å². The first kappa shape index (κ1) is 55.8. The molecule has 0 aromatic rings. The van der Waals surface area contributed by atoms with Crippen LogP contribution in [0, 0.1) is 0 Å². The topological polar surface area (TPSA) is 102 Å². The molecule has 11 nitrogen and oxygen atoms in total. The fourth-order valence-electron chi connectivity index (χ4n) is 5.41. The van der Waals surface area contributed by atoms with Gasteiger partial charge in [-0.3, -0.25) is 0 Å². The highest BCUT2D eigenvalue weighted by atomic mass is 28.4. The summed E-state index contributed by atoms with van der Waals surface area (Å²) in [5.74, 6) is 0. The summed E-state index contributed by atoms with van der Waals surface area (Å²) in [6.07, 6.45) is 22.2. The van der Waals surface area contributed by atoms with Gasteiger partial charge in [0.2, 0.25) is 0 Å². The Kier molecular flexibility index (Phi) is 44.2. The Labute approximate surface area is 346 Å². The summed E-state index contributed by atoms with van der Waals surface area (Å²) in [4.78, 5) is 0. The van der Waals surface area contributed by atoms with Gasteiger partial charge in [-0.2, -0.15) is 0 Å². The largest absolute Gasteiger partial charge is 0.414 e. The van der Waals surface area contributed by atoms with Crippen LogP contribution >= 0.6 is 0 Å². The van der Waals surface area contributed by atoms with Gasteiger partial charge in [0.15, 0.2) is 8.32 Å². The van der Waals surface area contributed by atoms with E-state index in [0.717, 1.165) is 13.0 Å². The zero-order chi connectivity index (χ0) is 40.9. The zero-order valence-corrected chi connectivity index (χ0v) is 38.7. The molecule has 0 unspecified atom stereocenters. The highest BCUT2D eigenvalue weighted by Crippen LogP contribution is 2.36. The molecule has 0 aliphatic heterocycles. The molecule has 0 heterocycles. The quantitative estimate of drug-likeness (QED) is 0.0433. The lowest BCUT2D eigenvalue weighted by Gasteiger charge is -2.36. The van der Waals surface area contributed by atoms with Gasteiger partial charge in [0.05, 0.1) is 132 Å². The molecule has 0 radical (unpaired) electrons. The van der Waals surface area contributed by atoms with Crippen molar-refractivity contribution in [2.45, 2.75) is 149 Å². The van der Waals surface area contributed by atoms with Crippen molar-refractivity contribution < 1.29 is 51.8 Å². The fourth-order valence-corrected chi connectivity index (χ4v) is 6.43. The molecule has 338 valence electrons. The van der Waals surface area contributed by atoms with Gasteiger partial charge >= 0.3 is 0 Å². The van der Waals surface area contributed by atoms with E-state index in [0.29, 0.717) is 132 Å².